The van der Waals surface area contributed by atoms with Gasteiger partial charge in [-0.3, -0.25) is 14.2 Å². The van der Waals surface area contributed by atoms with Crippen molar-refractivity contribution in [2.24, 2.45) is 11.3 Å². The van der Waals surface area contributed by atoms with Gasteiger partial charge in [-0.05, 0) is 54.5 Å². The molecule has 0 spiro atoms. The molecule has 0 aliphatic heterocycles. The third kappa shape index (κ3) is 6.96. The van der Waals surface area contributed by atoms with Crippen molar-refractivity contribution < 1.29 is 13.9 Å². The average molecular weight is 530 g/mol. The monoisotopic (exact) mass is 529 g/mol. The zero-order chi connectivity index (χ0) is 27.3. The van der Waals surface area contributed by atoms with Gasteiger partial charge < -0.3 is 9.64 Å². The second-order valence-corrected chi connectivity index (χ2v) is 11.2. The SMILES string of the molecule is CCC(c1nc2ccccc2c(=O)n1-c1ccc(F)c(Cl)c1)N(CCOC)C(=O)CC(C)CC(C)(C)C. The number of hydrogen-bond acceptors (Lipinski definition) is 4. The first-order valence-corrected chi connectivity index (χ1v) is 13.1. The summed E-state index contributed by atoms with van der Waals surface area (Å²) in [7, 11) is 1.59. The molecule has 1 aromatic heterocycles. The number of halogens is 2. The summed E-state index contributed by atoms with van der Waals surface area (Å²) in [5.74, 6) is -0.0169. The van der Waals surface area contributed by atoms with E-state index in [1.807, 2.05) is 13.0 Å². The number of benzene rings is 2. The van der Waals surface area contributed by atoms with Crippen LogP contribution in [0.15, 0.2) is 47.3 Å². The molecule has 37 heavy (non-hydrogen) atoms. The Morgan fingerprint density at radius 3 is 2.54 bits per heavy atom. The highest BCUT2D eigenvalue weighted by atomic mass is 35.5. The summed E-state index contributed by atoms with van der Waals surface area (Å²) in [5, 5.41) is 0.329. The van der Waals surface area contributed by atoms with Crippen LogP contribution in [0.2, 0.25) is 5.02 Å². The van der Waals surface area contributed by atoms with Gasteiger partial charge in [-0.2, -0.15) is 0 Å². The molecule has 0 aliphatic rings. The number of rotatable bonds is 10. The minimum absolute atomic E-state index is 0.0215. The lowest BCUT2D eigenvalue weighted by Crippen LogP contribution is -2.41. The van der Waals surface area contributed by atoms with Gasteiger partial charge in [-0.25, -0.2) is 9.37 Å². The van der Waals surface area contributed by atoms with Gasteiger partial charge in [-0.1, -0.05) is 58.4 Å². The van der Waals surface area contributed by atoms with E-state index in [0.717, 1.165) is 6.42 Å². The summed E-state index contributed by atoms with van der Waals surface area (Å²) in [5.41, 5.74) is 0.722. The van der Waals surface area contributed by atoms with Crippen molar-refractivity contribution in [3.63, 3.8) is 0 Å². The molecule has 1 amide bonds. The number of methoxy groups -OCH3 is 1. The van der Waals surface area contributed by atoms with E-state index in [9.17, 15) is 14.0 Å². The predicted molar refractivity (Wildman–Crippen MR) is 147 cm³/mol. The van der Waals surface area contributed by atoms with Crippen molar-refractivity contribution in [3.05, 3.63) is 69.5 Å². The fourth-order valence-corrected chi connectivity index (χ4v) is 5.14. The standard InChI is InChI=1S/C29H37ClFN3O3/c1-7-25(33(14-15-37-6)26(35)16-19(2)18-29(3,4)5)27-32-24-11-9-8-10-21(24)28(36)34(27)20-12-13-23(31)22(30)17-20/h8-13,17,19,25H,7,14-16,18H2,1-6H3. The second-order valence-electron chi connectivity index (χ2n) is 10.8. The highest BCUT2D eigenvalue weighted by Crippen LogP contribution is 2.30. The molecule has 0 saturated heterocycles. The average Bonchev–Trinajstić information content (AvgIpc) is 2.82. The quantitative estimate of drug-likeness (QED) is 0.298. The van der Waals surface area contributed by atoms with E-state index in [1.54, 1.807) is 30.2 Å². The molecular formula is C29H37ClFN3O3. The molecule has 2 aromatic carbocycles. The van der Waals surface area contributed by atoms with E-state index < -0.39 is 11.9 Å². The van der Waals surface area contributed by atoms with E-state index in [4.69, 9.17) is 21.3 Å². The summed E-state index contributed by atoms with van der Waals surface area (Å²) in [6.45, 7) is 11.2. The van der Waals surface area contributed by atoms with Crippen LogP contribution in [-0.4, -0.2) is 40.6 Å². The molecule has 1 heterocycles. The van der Waals surface area contributed by atoms with Crippen molar-refractivity contribution >= 4 is 28.4 Å². The fourth-order valence-electron chi connectivity index (χ4n) is 4.97. The van der Waals surface area contributed by atoms with Gasteiger partial charge in [0.05, 0.1) is 34.3 Å². The molecule has 0 fully saturated rings. The van der Waals surface area contributed by atoms with Crippen LogP contribution in [-0.2, 0) is 9.53 Å². The molecule has 0 saturated carbocycles. The molecule has 2 atom stereocenters. The van der Waals surface area contributed by atoms with Gasteiger partial charge >= 0.3 is 0 Å². The first-order chi connectivity index (χ1) is 17.5. The Morgan fingerprint density at radius 2 is 1.92 bits per heavy atom. The highest BCUT2D eigenvalue weighted by Gasteiger charge is 2.30. The van der Waals surface area contributed by atoms with Crippen LogP contribution in [0.25, 0.3) is 16.6 Å². The molecule has 0 N–H and O–H groups in total. The number of para-hydroxylation sites is 1. The maximum atomic E-state index is 14.0. The Balaban J connectivity index is 2.17. The molecular weight excluding hydrogens is 493 g/mol. The first kappa shape index (κ1) is 28.8. The zero-order valence-electron chi connectivity index (χ0n) is 22.6. The molecule has 0 aliphatic carbocycles. The zero-order valence-corrected chi connectivity index (χ0v) is 23.3. The number of ether oxygens (including phenoxy) is 1. The van der Waals surface area contributed by atoms with Gasteiger partial charge in [0.25, 0.3) is 5.56 Å². The van der Waals surface area contributed by atoms with E-state index in [2.05, 4.69) is 27.7 Å². The Hall–Kier alpha value is -2.77. The summed E-state index contributed by atoms with van der Waals surface area (Å²) in [4.78, 5) is 34.1. The minimum atomic E-state index is -0.578. The molecule has 2 unspecified atom stereocenters. The first-order valence-electron chi connectivity index (χ1n) is 12.7. The van der Waals surface area contributed by atoms with Crippen LogP contribution in [0.5, 0.6) is 0 Å². The predicted octanol–water partition coefficient (Wildman–Crippen LogP) is 6.57. The topological polar surface area (TPSA) is 64.4 Å². The second kappa shape index (κ2) is 12.2. The summed E-state index contributed by atoms with van der Waals surface area (Å²) >= 11 is 6.10. The number of aromatic nitrogens is 2. The lowest BCUT2D eigenvalue weighted by atomic mass is 9.84. The number of carbonyl (C=O) groups excluding carboxylic acids is 1. The van der Waals surface area contributed by atoms with Crippen LogP contribution in [0.4, 0.5) is 4.39 Å². The number of amides is 1. The molecule has 0 bridgehead atoms. The van der Waals surface area contributed by atoms with E-state index >= 15 is 0 Å². The van der Waals surface area contributed by atoms with Crippen LogP contribution < -0.4 is 5.56 Å². The van der Waals surface area contributed by atoms with Crippen LogP contribution >= 0.6 is 11.6 Å². The number of nitrogens with zero attached hydrogens (tertiary/aromatic N) is 3. The molecule has 3 aromatic rings. The lowest BCUT2D eigenvalue weighted by Gasteiger charge is -2.33. The Labute approximate surface area is 223 Å². The van der Waals surface area contributed by atoms with E-state index in [1.165, 1.54) is 22.8 Å². The van der Waals surface area contributed by atoms with Gasteiger partial charge in [0, 0.05) is 20.1 Å². The van der Waals surface area contributed by atoms with Crippen molar-refractivity contribution in [3.8, 4) is 5.69 Å². The normalized spacial score (nSPS) is 13.5. The molecule has 8 heteroatoms. The van der Waals surface area contributed by atoms with E-state index in [-0.39, 0.29) is 27.8 Å². The van der Waals surface area contributed by atoms with Gasteiger partial charge in [-0.15, -0.1) is 0 Å². The van der Waals surface area contributed by atoms with E-state index in [0.29, 0.717) is 48.4 Å². The fraction of sp³-hybridized carbons (Fsp3) is 0.483. The van der Waals surface area contributed by atoms with Crippen molar-refractivity contribution in [1.82, 2.24) is 14.5 Å². The molecule has 200 valence electrons. The minimum Gasteiger partial charge on any atom is -0.383 e. The smallest absolute Gasteiger partial charge is 0.266 e. The van der Waals surface area contributed by atoms with Crippen LogP contribution in [0.1, 0.15) is 65.7 Å². The largest absolute Gasteiger partial charge is 0.383 e. The lowest BCUT2D eigenvalue weighted by molar-refractivity contribution is -0.136. The van der Waals surface area contributed by atoms with Crippen molar-refractivity contribution in [1.29, 1.82) is 0 Å². The third-order valence-corrected chi connectivity index (χ3v) is 6.65. The summed E-state index contributed by atoms with van der Waals surface area (Å²) in [6.07, 6.45) is 1.79. The maximum Gasteiger partial charge on any atom is 0.266 e. The number of carbonyl (C=O) groups is 1. The van der Waals surface area contributed by atoms with Crippen LogP contribution in [0, 0.1) is 17.2 Å². The van der Waals surface area contributed by atoms with Gasteiger partial charge in [0.2, 0.25) is 5.91 Å². The number of hydrogen-bond donors (Lipinski definition) is 0. The van der Waals surface area contributed by atoms with Gasteiger partial charge in [0.1, 0.15) is 11.6 Å². The maximum absolute atomic E-state index is 14.0. The highest BCUT2D eigenvalue weighted by molar-refractivity contribution is 6.30. The number of fused-ring (bicyclic) bond motifs is 1. The molecule has 3 rings (SSSR count). The third-order valence-electron chi connectivity index (χ3n) is 6.36. The molecule has 0 radical (unpaired) electrons. The van der Waals surface area contributed by atoms with Crippen molar-refractivity contribution in [2.45, 2.75) is 59.9 Å². The summed E-state index contributed by atoms with van der Waals surface area (Å²) < 4.78 is 20.8. The van der Waals surface area contributed by atoms with Crippen LogP contribution in [0.3, 0.4) is 0 Å². The van der Waals surface area contributed by atoms with Gasteiger partial charge in [0.15, 0.2) is 0 Å². The summed E-state index contributed by atoms with van der Waals surface area (Å²) in [6, 6.07) is 10.7. The Bertz CT molecular complexity index is 1300. The van der Waals surface area contributed by atoms with Crippen molar-refractivity contribution in [2.75, 3.05) is 20.3 Å². The Morgan fingerprint density at radius 1 is 1.22 bits per heavy atom. The molecule has 6 nitrogen and oxygen atoms in total. The Kier molecular flexibility index (Phi) is 9.48.